The first-order valence-electron chi connectivity index (χ1n) is 4.46. The lowest BCUT2D eigenvalue weighted by atomic mass is 10.1. The summed E-state index contributed by atoms with van der Waals surface area (Å²) in [5.74, 6) is 0.591. The van der Waals surface area contributed by atoms with Crippen LogP contribution in [0.4, 0.5) is 0 Å². The molecule has 0 radical (unpaired) electrons. The van der Waals surface area contributed by atoms with Gasteiger partial charge in [-0.3, -0.25) is 4.79 Å². The predicted molar refractivity (Wildman–Crippen MR) is 59.6 cm³/mol. The van der Waals surface area contributed by atoms with E-state index in [9.17, 15) is 4.79 Å². The number of carbonyl (C=O) groups excluding carboxylic acids is 1. The molecule has 1 atom stereocenters. The van der Waals surface area contributed by atoms with Gasteiger partial charge in [-0.25, -0.2) is 0 Å². The molecule has 1 aromatic rings. The molecule has 78 valence electrons. The van der Waals surface area contributed by atoms with Gasteiger partial charge in [0.1, 0.15) is 11.8 Å². The van der Waals surface area contributed by atoms with Crippen molar-refractivity contribution in [3.63, 3.8) is 0 Å². The van der Waals surface area contributed by atoms with Gasteiger partial charge in [0.2, 0.25) is 0 Å². The van der Waals surface area contributed by atoms with Gasteiger partial charge in [0.15, 0.2) is 5.11 Å². The summed E-state index contributed by atoms with van der Waals surface area (Å²) < 4.78 is 5.08. The number of amides is 1. The molecule has 4 nitrogen and oxygen atoms in total. The molecule has 1 amide bonds. The van der Waals surface area contributed by atoms with E-state index < -0.39 is 6.04 Å². The summed E-state index contributed by atoms with van der Waals surface area (Å²) in [6.45, 7) is 0. The van der Waals surface area contributed by atoms with Crippen LogP contribution in [-0.4, -0.2) is 18.1 Å². The standard InChI is InChI=1S/C10H10N2O2S/c1-14-7-4-2-3-6(5-7)8-9(13)12-10(15)11-8/h2-5,8H,1H3,(H2,11,12,13,15). The van der Waals surface area contributed by atoms with E-state index in [0.717, 1.165) is 11.3 Å². The van der Waals surface area contributed by atoms with Gasteiger partial charge in [-0.05, 0) is 29.9 Å². The Kier molecular flexibility index (Phi) is 2.55. The number of benzene rings is 1. The molecule has 15 heavy (non-hydrogen) atoms. The van der Waals surface area contributed by atoms with Crippen LogP contribution in [-0.2, 0) is 4.79 Å². The second-order valence-electron chi connectivity index (χ2n) is 3.17. The lowest BCUT2D eigenvalue weighted by Gasteiger charge is -2.09. The van der Waals surface area contributed by atoms with Crippen LogP contribution < -0.4 is 15.4 Å². The normalized spacial score (nSPS) is 19.7. The molecule has 0 aromatic heterocycles. The summed E-state index contributed by atoms with van der Waals surface area (Å²) in [4.78, 5) is 11.5. The van der Waals surface area contributed by atoms with E-state index in [1.165, 1.54) is 0 Å². The fraction of sp³-hybridized carbons (Fsp3) is 0.200. The Morgan fingerprint density at radius 1 is 1.47 bits per heavy atom. The maximum absolute atomic E-state index is 11.5. The highest BCUT2D eigenvalue weighted by molar-refractivity contribution is 7.80. The largest absolute Gasteiger partial charge is 0.497 e. The summed E-state index contributed by atoms with van der Waals surface area (Å²) in [5, 5.41) is 5.80. The summed E-state index contributed by atoms with van der Waals surface area (Å²) >= 11 is 4.86. The Bertz CT molecular complexity index is 420. The molecule has 1 aliphatic rings. The molecule has 0 aliphatic carbocycles. The van der Waals surface area contributed by atoms with Crippen molar-refractivity contribution < 1.29 is 9.53 Å². The van der Waals surface area contributed by atoms with Gasteiger partial charge in [0.25, 0.3) is 5.91 Å². The minimum atomic E-state index is -0.410. The maximum atomic E-state index is 11.5. The minimum Gasteiger partial charge on any atom is -0.497 e. The first-order chi connectivity index (χ1) is 7.20. The molecule has 0 spiro atoms. The highest BCUT2D eigenvalue weighted by Gasteiger charge is 2.28. The van der Waals surface area contributed by atoms with E-state index in [0.29, 0.717) is 5.11 Å². The van der Waals surface area contributed by atoms with Crippen molar-refractivity contribution in [1.82, 2.24) is 10.6 Å². The topological polar surface area (TPSA) is 50.4 Å². The third-order valence-electron chi connectivity index (χ3n) is 2.20. The first kappa shape index (κ1) is 9.92. The van der Waals surface area contributed by atoms with E-state index in [2.05, 4.69) is 10.6 Å². The van der Waals surface area contributed by atoms with Crippen molar-refractivity contribution in [3.8, 4) is 5.75 Å². The maximum Gasteiger partial charge on any atom is 0.253 e. The smallest absolute Gasteiger partial charge is 0.253 e. The zero-order valence-corrected chi connectivity index (χ0v) is 8.93. The van der Waals surface area contributed by atoms with E-state index in [1.807, 2.05) is 24.3 Å². The molecular formula is C10H10N2O2S. The molecule has 1 unspecified atom stereocenters. The van der Waals surface area contributed by atoms with E-state index in [4.69, 9.17) is 17.0 Å². The molecule has 1 fully saturated rings. The van der Waals surface area contributed by atoms with Gasteiger partial charge in [0, 0.05) is 0 Å². The average Bonchev–Trinajstić information content (AvgIpc) is 2.58. The number of nitrogens with one attached hydrogen (secondary N) is 2. The Balaban J connectivity index is 2.29. The Morgan fingerprint density at radius 2 is 2.27 bits per heavy atom. The monoisotopic (exact) mass is 222 g/mol. The van der Waals surface area contributed by atoms with Crippen molar-refractivity contribution in [2.24, 2.45) is 0 Å². The molecule has 0 saturated carbocycles. The van der Waals surface area contributed by atoms with Gasteiger partial charge < -0.3 is 15.4 Å². The lowest BCUT2D eigenvalue weighted by molar-refractivity contribution is -0.120. The zero-order chi connectivity index (χ0) is 10.8. The highest BCUT2D eigenvalue weighted by atomic mass is 32.1. The number of ether oxygens (including phenoxy) is 1. The second kappa shape index (κ2) is 3.86. The fourth-order valence-corrected chi connectivity index (χ4v) is 1.69. The molecular weight excluding hydrogens is 212 g/mol. The molecule has 1 heterocycles. The average molecular weight is 222 g/mol. The van der Waals surface area contributed by atoms with Gasteiger partial charge in [-0.1, -0.05) is 12.1 Å². The first-order valence-corrected chi connectivity index (χ1v) is 4.87. The van der Waals surface area contributed by atoms with Crippen LogP contribution in [0.25, 0.3) is 0 Å². The second-order valence-corrected chi connectivity index (χ2v) is 3.58. The number of rotatable bonds is 2. The molecule has 0 bridgehead atoms. The van der Waals surface area contributed by atoms with E-state index >= 15 is 0 Å². The van der Waals surface area contributed by atoms with Crippen molar-refractivity contribution in [3.05, 3.63) is 29.8 Å². The number of hydrogen-bond donors (Lipinski definition) is 2. The lowest BCUT2D eigenvalue weighted by Crippen LogP contribution is -2.21. The van der Waals surface area contributed by atoms with Crippen LogP contribution in [0.5, 0.6) is 5.75 Å². The van der Waals surface area contributed by atoms with Crippen molar-refractivity contribution in [2.75, 3.05) is 7.11 Å². The van der Waals surface area contributed by atoms with Crippen molar-refractivity contribution in [1.29, 1.82) is 0 Å². The third-order valence-corrected chi connectivity index (χ3v) is 2.42. The van der Waals surface area contributed by atoms with Crippen LogP contribution in [0, 0.1) is 0 Å². The predicted octanol–water partition coefficient (Wildman–Crippen LogP) is 0.741. The summed E-state index contributed by atoms with van der Waals surface area (Å²) in [6, 6.07) is 6.92. The Labute approximate surface area is 92.6 Å². The van der Waals surface area contributed by atoms with Gasteiger partial charge >= 0.3 is 0 Å². The Hall–Kier alpha value is -1.62. The van der Waals surface area contributed by atoms with Gasteiger partial charge in [0.05, 0.1) is 7.11 Å². The SMILES string of the molecule is COc1cccc(C2NC(=S)NC2=O)c1. The molecule has 1 saturated heterocycles. The van der Waals surface area contributed by atoms with E-state index in [-0.39, 0.29) is 5.91 Å². The van der Waals surface area contributed by atoms with Crippen LogP contribution >= 0.6 is 12.2 Å². The fourth-order valence-electron chi connectivity index (χ4n) is 1.47. The number of methoxy groups -OCH3 is 1. The molecule has 2 rings (SSSR count). The van der Waals surface area contributed by atoms with Crippen LogP contribution in [0.3, 0.4) is 0 Å². The summed E-state index contributed by atoms with van der Waals surface area (Å²) in [5.41, 5.74) is 0.840. The molecule has 2 N–H and O–H groups in total. The molecule has 1 aliphatic heterocycles. The van der Waals surface area contributed by atoms with Gasteiger partial charge in [-0.2, -0.15) is 0 Å². The zero-order valence-electron chi connectivity index (χ0n) is 8.11. The highest BCUT2D eigenvalue weighted by Crippen LogP contribution is 2.21. The quantitative estimate of drug-likeness (QED) is 0.725. The third kappa shape index (κ3) is 1.92. The Morgan fingerprint density at radius 3 is 2.87 bits per heavy atom. The summed E-state index contributed by atoms with van der Waals surface area (Å²) in [7, 11) is 1.59. The van der Waals surface area contributed by atoms with Crippen LogP contribution in [0.2, 0.25) is 0 Å². The number of thiocarbonyl (C=S) groups is 1. The van der Waals surface area contributed by atoms with Crippen molar-refractivity contribution >= 4 is 23.2 Å². The number of carbonyl (C=O) groups is 1. The van der Waals surface area contributed by atoms with E-state index in [1.54, 1.807) is 7.11 Å². The molecule has 5 heteroatoms. The minimum absolute atomic E-state index is 0.131. The molecule has 1 aromatic carbocycles. The number of hydrogen-bond acceptors (Lipinski definition) is 3. The van der Waals surface area contributed by atoms with Crippen LogP contribution in [0.1, 0.15) is 11.6 Å². The van der Waals surface area contributed by atoms with Gasteiger partial charge in [-0.15, -0.1) is 0 Å². The summed E-state index contributed by atoms with van der Waals surface area (Å²) in [6.07, 6.45) is 0. The van der Waals surface area contributed by atoms with Crippen LogP contribution in [0.15, 0.2) is 24.3 Å². The van der Waals surface area contributed by atoms with Crippen molar-refractivity contribution in [2.45, 2.75) is 6.04 Å².